The summed E-state index contributed by atoms with van der Waals surface area (Å²) in [6.45, 7) is 3.47. The molecule has 5 heteroatoms. The molecule has 1 spiro atoms. The Morgan fingerprint density at radius 2 is 1.68 bits per heavy atom. The number of aliphatic imine (C=N–C) groups is 1. The first-order chi connectivity index (χ1) is 13.8. The van der Waals surface area contributed by atoms with Crippen LogP contribution < -0.4 is 10.6 Å². The second-order valence-electron chi connectivity index (χ2n) is 10.1. The summed E-state index contributed by atoms with van der Waals surface area (Å²) >= 11 is 0. The molecular weight excluding hydrogens is 348 g/mol. The number of ether oxygens (including phenoxy) is 1. The van der Waals surface area contributed by atoms with Crippen molar-refractivity contribution in [2.75, 3.05) is 26.7 Å². The number of fused-ring (bicyclic) bond motifs is 2. The molecule has 0 aromatic rings. The highest BCUT2D eigenvalue weighted by atomic mass is 16.5. The van der Waals surface area contributed by atoms with E-state index in [4.69, 9.17) is 4.74 Å². The molecule has 3 unspecified atom stereocenters. The van der Waals surface area contributed by atoms with E-state index < -0.39 is 0 Å². The Morgan fingerprint density at radius 3 is 2.39 bits per heavy atom. The molecule has 5 rings (SSSR count). The van der Waals surface area contributed by atoms with Gasteiger partial charge in [0.15, 0.2) is 5.96 Å². The van der Waals surface area contributed by atoms with Crippen molar-refractivity contribution in [2.24, 2.45) is 16.3 Å². The maximum absolute atomic E-state index is 6.15. The van der Waals surface area contributed by atoms with Crippen molar-refractivity contribution in [3.05, 3.63) is 0 Å². The Balaban J connectivity index is 1.14. The topological polar surface area (TPSA) is 48.9 Å². The smallest absolute Gasteiger partial charge is 0.191 e. The van der Waals surface area contributed by atoms with Gasteiger partial charge in [0.1, 0.15) is 0 Å². The Labute approximate surface area is 171 Å². The second-order valence-corrected chi connectivity index (χ2v) is 10.1. The van der Waals surface area contributed by atoms with E-state index in [-0.39, 0.29) is 0 Å². The molecule has 3 aliphatic carbocycles. The van der Waals surface area contributed by atoms with E-state index in [1.807, 2.05) is 7.05 Å². The number of rotatable bonds is 3. The van der Waals surface area contributed by atoms with Crippen LogP contribution in [0.25, 0.3) is 0 Å². The van der Waals surface area contributed by atoms with E-state index in [0.29, 0.717) is 29.5 Å². The first-order valence-corrected chi connectivity index (χ1v) is 12.2. The summed E-state index contributed by atoms with van der Waals surface area (Å²) in [6, 6.07) is 2.00. The summed E-state index contributed by atoms with van der Waals surface area (Å²) in [5.74, 6) is 1.74. The summed E-state index contributed by atoms with van der Waals surface area (Å²) in [4.78, 5) is 7.39. The number of hydrogen-bond donors (Lipinski definition) is 2. The zero-order valence-electron chi connectivity index (χ0n) is 17.8. The minimum absolute atomic E-state index is 0.392. The summed E-state index contributed by atoms with van der Waals surface area (Å²) in [5.41, 5.74) is 0.392. The maximum Gasteiger partial charge on any atom is 0.191 e. The fraction of sp³-hybridized carbons (Fsp3) is 0.957. The monoisotopic (exact) mass is 388 g/mol. The van der Waals surface area contributed by atoms with Crippen LogP contribution in [0.4, 0.5) is 0 Å². The highest BCUT2D eigenvalue weighted by Gasteiger charge is 2.65. The molecule has 0 bridgehead atoms. The van der Waals surface area contributed by atoms with Crippen molar-refractivity contribution in [2.45, 2.75) is 101 Å². The van der Waals surface area contributed by atoms with E-state index in [2.05, 4.69) is 20.5 Å². The summed E-state index contributed by atoms with van der Waals surface area (Å²) in [6.07, 6.45) is 16.8. The van der Waals surface area contributed by atoms with Gasteiger partial charge >= 0.3 is 0 Å². The van der Waals surface area contributed by atoms with Crippen molar-refractivity contribution in [3.8, 4) is 0 Å². The van der Waals surface area contributed by atoms with Gasteiger partial charge in [-0.2, -0.15) is 0 Å². The van der Waals surface area contributed by atoms with Crippen molar-refractivity contribution in [1.29, 1.82) is 0 Å². The Kier molecular flexibility index (Phi) is 5.57. The average molecular weight is 389 g/mol. The molecule has 0 amide bonds. The van der Waals surface area contributed by atoms with Crippen molar-refractivity contribution in [3.63, 3.8) is 0 Å². The molecule has 3 saturated carbocycles. The van der Waals surface area contributed by atoms with Gasteiger partial charge in [0, 0.05) is 56.2 Å². The van der Waals surface area contributed by atoms with Gasteiger partial charge in [0.25, 0.3) is 0 Å². The largest absolute Gasteiger partial charge is 0.377 e. The molecule has 5 aliphatic rings. The lowest BCUT2D eigenvalue weighted by molar-refractivity contribution is -0.125. The van der Waals surface area contributed by atoms with Gasteiger partial charge in [-0.25, -0.2) is 0 Å². The maximum atomic E-state index is 6.15. The minimum Gasteiger partial charge on any atom is -0.377 e. The lowest BCUT2D eigenvalue weighted by atomic mass is 9.54. The third kappa shape index (κ3) is 3.36. The van der Waals surface area contributed by atoms with Crippen molar-refractivity contribution < 1.29 is 4.74 Å². The van der Waals surface area contributed by atoms with E-state index >= 15 is 0 Å². The molecule has 5 nitrogen and oxygen atoms in total. The third-order valence-corrected chi connectivity index (χ3v) is 8.76. The van der Waals surface area contributed by atoms with Crippen LogP contribution in [0.1, 0.15) is 77.0 Å². The van der Waals surface area contributed by atoms with Crippen LogP contribution in [0.3, 0.4) is 0 Å². The van der Waals surface area contributed by atoms with E-state index in [0.717, 1.165) is 18.6 Å². The summed E-state index contributed by atoms with van der Waals surface area (Å²) in [7, 11) is 1.94. The first-order valence-electron chi connectivity index (χ1n) is 12.2. The lowest BCUT2D eigenvalue weighted by Crippen LogP contribution is -2.69. The molecular formula is C23H40N4O. The Bertz CT molecular complexity index is 559. The second kappa shape index (κ2) is 8.14. The molecule has 3 atom stereocenters. The molecule has 28 heavy (non-hydrogen) atoms. The molecule has 0 radical (unpaired) electrons. The van der Waals surface area contributed by atoms with Crippen LogP contribution in [0.2, 0.25) is 0 Å². The number of piperidine rings is 1. The number of nitrogens with zero attached hydrogens (tertiary/aromatic N) is 2. The SMILES string of the molecule is CN=C(NC1CCN(C2CCCCC2)CC1)NC1C2CCOC2C12CCCC2. The van der Waals surface area contributed by atoms with Gasteiger partial charge in [0.2, 0.25) is 0 Å². The molecule has 2 saturated heterocycles. The van der Waals surface area contributed by atoms with Gasteiger partial charge < -0.3 is 20.3 Å². The predicted molar refractivity (Wildman–Crippen MR) is 114 cm³/mol. The number of guanidine groups is 1. The highest BCUT2D eigenvalue weighted by molar-refractivity contribution is 5.80. The van der Waals surface area contributed by atoms with Crippen molar-refractivity contribution >= 4 is 5.96 Å². The molecule has 158 valence electrons. The van der Waals surface area contributed by atoms with Crippen molar-refractivity contribution in [1.82, 2.24) is 15.5 Å². The van der Waals surface area contributed by atoms with E-state index in [1.165, 1.54) is 90.1 Å². The van der Waals surface area contributed by atoms with Gasteiger partial charge in [-0.15, -0.1) is 0 Å². The number of likely N-dealkylation sites (tertiary alicyclic amines) is 1. The zero-order valence-corrected chi connectivity index (χ0v) is 17.8. The highest BCUT2D eigenvalue weighted by Crippen LogP contribution is 2.60. The Hall–Kier alpha value is -0.810. The molecule has 2 heterocycles. The standard InChI is InChI=1S/C23H40N4O/c1-24-22(25-17-9-14-27(15-10-17)18-7-3-2-4-8-18)26-20-19-11-16-28-21(19)23(20)12-5-6-13-23/h17-21H,2-16H2,1H3,(H2,24,25,26). The molecule has 0 aromatic carbocycles. The molecule has 0 aromatic heterocycles. The van der Waals surface area contributed by atoms with Gasteiger partial charge in [0.05, 0.1) is 6.10 Å². The fourth-order valence-electron chi connectivity index (χ4n) is 7.27. The van der Waals surface area contributed by atoms with Crippen LogP contribution in [0, 0.1) is 11.3 Å². The number of hydrogen-bond acceptors (Lipinski definition) is 3. The predicted octanol–water partition coefficient (Wildman–Crippen LogP) is 3.30. The van der Waals surface area contributed by atoms with E-state index in [9.17, 15) is 0 Å². The van der Waals surface area contributed by atoms with Gasteiger partial charge in [-0.3, -0.25) is 4.99 Å². The summed E-state index contributed by atoms with van der Waals surface area (Å²) < 4.78 is 6.15. The zero-order chi connectivity index (χ0) is 19.0. The lowest BCUT2D eigenvalue weighted by Gasteiger charge is -2.57. The normalized spacial score (nSPS) is 37.0. The molecule has 5 fully saturated rings. The Morgan fingerprint density at radius 1 is 0.929 bits per heavy atom. The van der Waals surface area contributed by atoms with Crippen LogP contribution in [-0.4, -0.2) is 61.8 Å². The first kappa shape index (κ1) is 19.2. The van der Waals surface area contributed by atoms with Gasteiger partial charge in [-0.1, -0.05) is 32.1 Å². The van der Waals surface area contributed by atoms with Gasteiger partial charge in [-0.05, 0) is 44.9 Å². The molecule has 2 aliphatic heterocycles. The van der Waals surface area contributed by atoms with Crippen LogP contribution in [0.5, 0.6) is 0 Å². The van der Waals surface area contributed by atoms with E-state index in [1.54, 1.807) is 0 Å². The average Bonchev–Trinajstić information content (AvgIpc) is 3.41. The fourth-order valence-corrected chi connectivity index (χ4v) is 7.27. The quantitative estimate of drug-likeness (QED) is 0.575. The summed E-state index contributed by atoms with van der Waals surface area (Å²) in [5, 5.41) is 7.66. The van der Waals surface area contributed by atoms with Crippen LogP contribution in [-0.2, 0) is 4.74 Å². The molecule has 2 N–H and O–H groups in total. The van der Waals surface area contributed by atoms with Crippen LogP contribution in [0.15, 0.2) is 4.99 Å². The third-order valence-electron chi connectivity index (χ3n) is 8.76. The minimum atomic E-state index is 0.392. The van der Waals surface area contributed by atoms with Crippen LogP contribution >= 0.6 is 0 Å². The number of nitrogens with one attached hydrogen (secondary N) is 2.